The fraction of sp³-hybridized carbons (Fsp3) is 0.600. The van der Waals surface area contributed by atoms with Crippen LogP contribution in [0.25, 0.3) is 0 Å². The van der Waals surface area contributed by atoms with Crippen molar-refractivity contribution in [1.82, 2.24) is 5.32 Å². The van der Waals surface area contributed by atoms with E-state index in [0.29, 0.717) is 12.0 Å². The van der Waals surface area contributed by atoms with Crippen LogP contribution >= 0.6 is 0 Å². The molecule has 4 heteroatoms. The first kappa shape index (κ1) is 11.6. The summed E-state index contributed by atoms with van der Waals surface area (Å²) >= 11 is 0. The molecule has 2 saturated heterocycles. The van der Waals surface area contributed by atoms with Crippen LogP contribution in [0, 0.1) is 5.92 Å². The predicted octanol–water partition coefficient (Wildman–Crippen LogP) is 2.39. The van der Waals surface area contributed by atoms with E-state index in [1.807, 2.05) is 12.1 Å². The fourth-order valence-corrected chi connectivity index (χ4v) is 3.75. The smallest absolute Gasteiger partial charge is 0.266 e. The van der Waals surface area contributed by atoms with Gasteiger partial charge < -0.3 is 10.2 Å². The van der Waals surface area contributed by atoms with Crippen LogP contribution in [-0.2, 0) is 5.41 Å². The van der Waals surface area contributed by atoms with Gasteiger partial charge in [0, 0.05) is 30.6 Å². The maximum atomic E-state index is 13.2. The number of piperidine rings is 1. The molecule has 2 heterocycles. The van der Waals surface area contributed by atoms with Crippen LogP contribution in [0.15, 0.2) is 24.3 Å². The third-order valence-corrected chi connectivity index (χ3v) is 5.04. The molecule has 2 aliphatic heterocycles. The molecule has 0 bridgehead atoms. The summed E-state index contributed by atoms with van der Waals surface area (Å²) in [6.07, 6.45) is 1.26. The second-order valence-electron chi connectivity index (χ2n) is 6.26. The predicted molar refractivity (Wildman–Crippen MR) is 70.9 cm³/mol. The molecule has 0 amide bonds. The lowest BCUT2D eigenvalue weighted by Gasteiger charge is -2.20. The highest BCUT2D eigenvalue weighted by Crippen LogP contribution is 2.56. The van der Waals surface area contributed by atoms with Crippen molar-refractivity contribution in [2.24, 2.45) is 5.92 Å². The molecule has 2 atom stereocenters. The number of rotatable bonds is 2. The number of hydrogen-bond donors (Lipinski definition) is 1. The number of anilines is 1. The Balaban J connectivity index is 1.54. The summed E-state index contributed by atoms with van der Waals surface area (Å²) in [6, 6.07) is 8.30. The molecular formula is C15H18F2N2. The number of alkyl halides is 2. The van der Waals surface area contributed by atoms with Crippen molar-refractivity contribution in [2.75, 3.05) is 31.1 Å². The van der Waals surface area contributed by atoms with Crippen LogP contribution in [0.2, 0.25) is 0 Å². The van der Waals surface area contributed by atoms with E-state index < -0.39 is 5.92 Å². The molecule has 4 rings (SSSR count). The van der Waals surface area contributed by atoms with Crippen molar-refractivity contribution >= 4 is 5.69 Å². The molecule has 102 valence electrons. The Kier molecular flexibility index (Phi) is 2.26. The second kappa shape index (κ2) is 3.69. The Morgan fingerprint density at radius 2 is 2.00 bits per heavy atom. The number of fused-ring (bicyclic) bond motifs is 1. The number of nitrogens with one attached hydrogen (secondary N) is 1. The summed E-state index contributed by atoms with van der Waals surface area (Å²) in [5.74, 6) is -1.73. The van der Waals surface area contributed by atoms with E-state index in [2.05, 4.69) is 17.4 Å². The molecule has 0 spiro atoms. The van der Waals surface area contributed by atoms with Crippen molar-refractivity contribution < 1.29 is 8.78 Å². The Labute approximate surface area is 111 Å². The first-order valence-electron chi connectivity index (χ1n) is 7.03. The molecule has 2 unspecified atom stereocenters. The van der Waals surface area contributed by atoms with Gasteiger partial charge >= 0.3 is 0 Å². The third-order valence-electron chi connectivity index (χ3n) is 5.04. The molecule has 1 saturated carbocycles. The number of hydrogen-bond acceptors (Lipinski definition) is 2. The van der Waals surface area contributed by atoms with E-state index in [-0.39, 0.29) is 13.0 Å². The summed E-state index contributed by atoms with van der Waals surface area (Å²) in [5.41, 5.74) is 2.66. The third kappa shape index (κ3) is 1.76. The lowest BCUT2D eigenvalue weighted by atomic mass is 9.95. The normalized spacial score (nSPS) is 35.5. The molecule has 19 heavy (non-hydrogen) atoms. The fourth-order valence-electron chi connectivity index (χ4n) is 3.75. The number of nitrogens with zero attached hydrogens (tertiary/aromatic N) is 1. The van der Waals surface area contributed by atoms with Crippen molar-refractivity contribution in [2.45, 2.75) is 24.2 Å². The van der Waals surface area contributed by atoms with Gasteiger partial charge in [-0.3, -0.25) is 0 Å². The van der Waals surface area contributed by atoms with E-state index in [0.717, 1.165) is 24.7 Å². The van der Waals surface area contributed by atoms with E-state index in [9.17, 15) is 8.78 Å². The van der Waals surface area contributed by atoms with Crippen molar-refractivity contribution in [3.8, 4) is 0 Å². The SMILES string of the molecule is FC1(F)CCN(c2ccc(C34CNCC3C4)cc2)C1. The molecule has 1 aliphatic carbocycles. The van der Waals surface area contributed by atoms with Crippen molar-refractivity contribution in [1.29, 1.82) is 0 Å². The van der Waals surface area contributed by atoms with Crippen molar-refractivity contribution in [3.05, 3.63) is 29.8 Å². The van der Waals surface area contributed by atoms with Gasteiger partial charge in [0.05, 0.1) is 6.54 Å². The minimum atomic E-state index is -2.52. The average Bonchev–Trinajstić information content (AvgIpc) is 2.77. The highest BCUT2D eigenvalue weighted by molar-refractivity contribution is 5.51. The van der Waals surface area contributed by atoms with Crippen LogP contribution in [-0.4, -0.2) is 32.1 Å². The van der Waals surface area contributed by atoms with E-state index >= 15 is 0 Å². The van der Waals surface area contributed by atoms with E-state index in [4.69, 9.17) is 0 Å². The van der Waals surface area contributed by atoms with Crippen LogP contribution in [0.3, 0.4) is 0 Å². The van der Waals surface area contributed by atoms with Gasteiger partial charge in [-0.2, -0.15) is 0 Å². The minimum Gasteiger partial charge on any atom is -0.365 e. The Bertz CT molecular complexity index is 499. The summed E-state index contributed by atoms with van der Waals surface area (Å²) < 4.78 is 26.4. The van der Waals surface area contributed by atoms with Crippen LogP contribution in [0.5, 0.6) is 0 Å². The van der Waals surface area contributed by atoms with Gasteiger partial charge in [0.1, 0.15) is 0 Å². The Morgan fingerprint density at radius 3 is 2.53 bits per heavy atom. The highest BCUT2D eigenvalue weighted by atomic mass is 19.3. The minimum absolute atomic E-state index is 0.0231. The zero-order chi connectivity index (χ0) is 13.1. The van der Waals surface area contributed by atoms with Gasteiger partial charge in [-0.15, -0.1) is 0 Å². The van der Waals surface area contributed by atoms with E-state index in [1.54, 1.807) is 4.90 Å². The summed E-state index contributed by atoms with van der Waals surface area (Å²) in [7, 11) is 0. The first-order chi connectivity index (χ1) is 9.09. The molecule has 2 nitrogen and oxygen atoms in total. The monoisotopic (exact) mass is 264 g/mol. The molecule has 3 aliphatic rings. The number of halogens is 2. The standard InChI is InChI=1S/C15H18F2N2/c16-15(17)5-6-19(10-15)13-3-1-11(2-4-13)14-7-12(14)8-18-9-14/h1-4,12,18H,5-10H2. The van der Waals surface area contributed by atoms with Gasteiger partial charge in [0.25, 0.3) is 5.92 Å². The van der Waals surface area contributed by atoms with Crippen LogP contribution in [0.1, 0.15) is 18.4 Å². The zero-order valence-corrected chi connectivity index (χ0v) is 10.8. The Hall–Kier alpha value is -1.16. The van der Waals surface area contributed by atoms with Gasteiger partial charge in [0.15, 0.2) is 0 Å². The summed E-state index contributed by atoms with van der Waals surface area (Å²) in [4.78, 5) is 1.79. The Morgan fingerprint density at radius 1 is 1.21 bits per heavy atom. The van der Waals surface area contributed by atoms with Gasteiger partial charge in [-0.25, -0.2) is 8.78 Å². The molecule has 1 aromatic rings. The molecule has 1 aromatic carbocycles. The largest absolute Gasteiger partial charge is 0.365 e. The van der Waals surface area contributed by atoms with Gasteiger partial charge in [-0.05, 0) is 36.6 Å². The second-order valence-corrected chi connectivity index (χ2v) is 6.26. The first-order valence-corrected chi connectivity index (χ1v) is 7.03. The average molecular weight is 264 g/mol. The lowest BCUT2D eigenvalue weighted by molar-refractivity contribution is 0.0257. The maximum absolute atomic E-state index is 13.2. The topological polar surface area (TPSA) is 15.3 Å². The molecule has 0 radical (unpaired) electrons. The highest BCUT2D eigenvalue weighted by Gasteiger charge is 2.57. The summed E-state index contributed by atoms with van der Waals surface area (Å²) in [5, 5.41) is 3.43. The number of benzene rings is 1. The van der Waals surface area contributed by atoms with Gasteiger partial charge in [-0.1, -0.05) is 12.1 Å². The molecule has 1 N–H and O–H groups in total. The van der Waals surface area contributed by atoms with Crippen LogP contribution < -0.4 is 10.2 Å². The quantitative estimate of drug-likeness (QED) is 0.882. The maximum Gasteiger partial charge on any atom is 0.266 e. The van der Waals surface area contributed by atoms with E-state index in [1.165, 1.54) is 12.0 Å². The molecular weight excluding hydrogens is 246 g/mol. The van der Waals surface area contributed by atoms with Crippen LogP contribution in [0.4, 0.5) is 14.5 Å². The van der Waals surface area contributed by atoms with Crippen molar-refractivity contribution in [3.63, 3.8) is 0 Å². The van der Waals surface area contributed by atoms with Gasteiger partial charge in [0.2, 0.25) is 0 Å². The summed E-state index contributed by atoms with van der Waals surface area (Å²) in [6.45, 7) is 2.52. The molecule has 0 aromatic heterocycles. The lowest BCUT2D eigenvalue weighted by Crippen LogP contribution is -2.25. The zero-order valence-electron chi connectivity index (χ0n) is 10.8. The molecule has 3 fully saturated rings.